The molecule has 7 nitrogen and oxygen atoms in total. The van der Waals surface area contributed by atoms with Gasteiger partial charge < -0.3 is 14.2 Å². The van der Waals surface area contributed by atoms with E-state index in [1.807, 2.05) is 36.1 Å². The van der Waals surface area contributed by atoms with Gasteiger partial charge in [0.05, 0.1) is 0 Å². The fraction of sp³-hybridized carbons (Fsp3) is 0.583. The summed E-state index contributed by atoms with van der Waals surface area (Å²) < 4.78 is 5.73. The van der Waals surface area contributed by atoms with Crippen LogP contribution >= 0.6 is 0 Å². The Morgan fingerprint density at radius 2 is 1.61 bits per heavy atom. The molecule has 0 aliphatic carbocycles. The molecule has 3 heterocycles. The Balaban J connectivity index is 1.23. The van der Waals surface area contributed by atoms with E-state index >= 15 is 0 Å². The Morgan fingerprint density at radius 1 is 0.935 bits per heavy atom. The molecule has 0 spiro atoms. The molecular formula is C24H32N4O3. The van der Waals surface area contributed by atoms with Crippen LogP contribution in [0.5, 0.6) is 0 Å². The fourth-order valence-corrected chi connectivity index (χ4v) is 4.46. The molecule has 0 radical (unpaired) electrons. The Hall–Kier alpha value is -2.70. The van der Waals surface area contributed by atoms with Crippen LogP contribution in [0.2, 0.25) is 0 Å². The molecule has 1 aromatic carbocycles. The van der Waals surface area contributed by atoms with Gasteiger partial charge in [-0.2, -0.15) is 0 Å². The first-order chi connectivity index (χ1) is 15.1. The minimum absolute atomic E-state index is 0.0650. The van der Waals surface area contributed by atoms with Gasteiger partial charge >= 0.3 is 0 Å². The molecule has 0 saturated carbocycles. The van der Waals surface area contributed by atoms with E-state index in [0.29, 0.717) is 43.6 Å². The minimum Gasteiger partial charge on any atom is -0.421 e. The number of hydrogen-bond donors (Lipinski definition) is 0. The first-order valence-electron chi connectivity index (χ1n) is 11.6. The molecule has 2 aromatic rings. The Labute approximate surface area is 183 Å². The van der Waals surface area contributed by atoms with E-state index < -0.39 is 0 Å². The molecule has 0 bridgehead atoms. The average molecular weight is 425 g/mol. The number of aryl methyl sites for hydroxylation is 2. The van der Waals surface area contributed by atoms with Crippen molar-refractivity contribution in [3.63, 3.8) is 0 Å². The number of benzene rings is 1. The number of amides is 2. The fourth-order valence-electron chi connectivity index (χ4n) is 4.46. The summed E-state index contributed by atoms with van der Waals surface area (Å²) >= 11 is 0. The maximum atomic E-state index is 12.8. The van der Waals surface area contributed by atoms with Gasteiger partial charge in [-0.25, -0.2) is 0 Å². The first-order valence-corrected chi connectivity index (χ1v) is 11.6. The average Bonchev–Trinajstić information content (AvgIpc) is 3.10. The number of hydrogen-bond acceptors (Lipinski definition) is 5. The maximum absolute atomic E-state index is 12.8. The second-order valence-corrected chi connectivity index (χ2v) is 8.76. The van der Waals surface area contributed by atoms with Crippen molar-refractivity contribution in [2.45, 2.75) is 58.3 Å². The van der Waals surface area contributed by atoms with E-state index in [9.17, 15) is 9.59 Å². The van der Waals surface area contributed by atoms with Gasteiger partial charge in [0.1, 0.15) is 0 Å². The quantitative estimate of drug-likeness (QED) is 0.732. The lowest BCUT2D eigenvalue weighted by Crippen LogP contribution is -2.44. The highest BCUT2D eigenvalue weighted by Gasteiger charge is 2.30. The molecule has 0 N–H and O–H groups in total. The van der Waals surface area contributed by atoms with Crippen molar-refractivity contribution in [1.82, 2.24) is 20.0 Å². The highest BCUT2D eigenvalue weighted by molar-refractivity contribution is 5.80. The van der Waals surface area contributed by atoms with Crippen LogP contribution in [-0.2, 0) is 16.0 Å². The molecule has 0 atom stereocenters. The van der Waals surface area contributed by atoms with Gasteiger partial charge in [0.15, 0.2) is 0 Å². The number of nitrogens with zero attached hydrogens (tertiary/aromatic N) is 4. The number of aromatic nitrogens is 2. The third-order valence-corrected chi connectivity index (χ3v) is 6.43. The van der Waals surface area contributed by atoms with E-state index in [2.05, 4.69) is 15.1 Å². The predicted molar refractivity (Wildman–Crippen MR) is 117 cm³/mol. The van der Waals surface area contributed by atoms with Crippen molar-refractivity contribution >= 4 is 11.8 Å². The van der Waals surface area contributed by atoms with Crippen LogP contribution in [0.1, 0.15) is 56.4 Å². The van der Waals surface area contributed by atoms with Crippen LogP contribution in [0.15, 0.2) is 28.7 Å². The molecule has 31 heavy (non-hydrogen) atoms. The van der Waals surface area contributed by atoms with Crippen molar-refractivity contribution in [3.05, 3.63) is 35.7 Å². The van der Waals surface area contributed by atoms with Crippen molar-refractivity contribution < 1.29 is 14.0 Å². The minimum atomic E-state index is 0.0650. The second kappa shape index (κ2) is 10.1. The SMILES string of the molecule is Cc1ccc(-c2nnc(CCC(=O)N3CCC(C(=O)N4CCCCCC4)CC3)o2)cc1. The molecule has 7 heteroatoms. The molecule has 2 saturated heterocycles. The lowest BCUT2D eigenvalue weighted by atomic mass is 9.95. The summed E-state index contributed by atoms with van der Waals surface area (Å²) in [6.45, 7) is 5.13. The van der Waals surface area contributed by atoms with Crippen LogP contribution in [0.4, 0.5) is 0 Å². The molecule has 0 unspecified atom stereocenters. The monoisotopic (exact) mass is 424 g/mol. The topological polar surface area (TPSA) is 79.5 Å². The first kappa shape index (κ1) is 21.5. The third kappa shape index (κ3) is 5.51. The van der Waals surface area contributed by atoms with Crippen molar-refractivity contribution in [2.75, 3.05) is 26.2 Å². The lowest BCUT2D eigenvalue weighted by molar-refractivity contribution is -0.140. The molecule has 2 aliphatic rings. The summed E-state index contributed by atoms with van der Waals surface area (Å²) in [5.41, 5.74) is 2.05. The largest absolute Gasteiger partial charge is 0.421 e. The standard InChI is InChI=1S/C24H32N4O3/c1-18-6-8-19(9-7-18)23-26-25-21(31-23)10-11-22(29)27-16-12-20(13-17-27)24(30)28-14-4-2-3-5-15-28/h6-9,20H,2-5,10-17H2,1H3. The summed E-state index contributed by atoms with van der Waals surface area (Å²) in [4.78, 5) is 29.4. The molecule has 4 rings (SSSR count). The van der Waals surface area contributed by atoms with Crippen LogP contribution in [-0.4, -0.2) is 58.0 Å². The van der Waals surface area contributed by atoms with Crippen LogP contribution in [0, 0.1) is 12.8 Å². The Kier molecular flexibility index (Phi) is 6.99. The molecule has 2 aliphatic heterocycles. The van der Waals surface area contributed by atoms with E-state index in [1.54, 1.807) is 0 Å². The molecule has 1 aromatic heterocycles. The van der Waals surface area contributed by atoms with Gasteiger partial charge in [-0.3, -0.25) is 9.59 Å². The molecule has 2 amide bonds. The Bertz CT molecular complexity index is 876. The number of likely N-dealkylation sites (tertiary alicyclic amines) is 2. The van der Waals surface area contributed by atoms with Crippen molar-refractivity contribution in [2.24, 2.45) is 5.92 Å². The third-order valence-electron chi connectivity index (χ3n) is 6.43. The van der Waals surface area contributed by atoms with Crippen molar-refractivity contribution in [3.8, 4) is 11.5 Å². The van der Waals surface area contributed by atoms with Crippen LogP contribution in [0.3, 0.4) is 0 Å². The van der Waals surface area contributed by atoms with Gasteiger partial charge in [-0.05, 0) is 44.7 Å². The zero-order chi connectivity index (χ0) is 21.6. The van der Waals surface area contributed by atoms with Gasteiger partial charge in [-0.1, -0.05) is 30.5 Å². The molecule has 2 fully saturated rings. The van der Waals surface area contributed by atoms with E-state index in [0.717, 1.165) is 44.3 Å². The van der Waals surface area contributed by atoms with Crippen LogP contribution < -0.4 is 0 Å². The van der Waals surface area contributed by atoms with Crippen molar-refractivity contribution in [1.29, 1.82) is 0 Å². The van der Waals surface area contributed by atoms with Crippen LogP contribution in [0.25, 0.3) is 11.5 Å². The zero-order valence-corrected chi connectivity index (χ0v) is 18.4. The maximum Gasteiger partial charge on any atom is 0.247 e. The summed E-state index contributed by atoms with van der Waals surface area (Å²) in [6, 6.07) is 7.91. The van der Waals surface area contributed by atoms with Gasteiger partial charge in [0.25, 0.3) is 0 Å². The van der Waals surface area contributed by atoms with Gasteiger partial charge in [0.2, 0.25) is 23.6 Å². The van der Waals surface area contributed by atoms with E-state index in [4.69, 9.17) is 4.42 Å². The predicted octanol–water partition coefficient (Wildman–Crippen LogP) is 3.62. The van der Waals surface area contributed by atoms with E-state index in [1.165, 1.54) is 18.4 Å². The molecular weight excluding hydrogens is 392 g/mol. The number of piperidine rings is 1. The highest BCUT2D eigenvalue weighted by Crippen LogP contribution is 2.23. The molecule has 166 valence electrons. The van der Waals surface area contributed by atoms with Gasteiger partial charge in [-0.15, -0.1) is 10.2 Å². The zero-order valence-electron chi connectivity index (χ0n) is 18.4. The number of carbonyl (C=O) groups is 2. The highest BCUT2D eigenvalue weighted by atomic mass is 16.4. The lowest BCUT2D eigenvalue weighted by Gasteiger charge is -2.34. The van der Waals surface area contributed by atoms with E-state index in [-0.39, 0.29) is 11.8 Å². The summed E-state index contributed by atoms with van der Waals surface area (Å²) in [7, 11) is 0. The smallest absolute Gasteiger partial charge is 0.247 e. The summed E-state index contributed by atoms with van der Waals surface area (Å²) in [6.07, 6.45) is 6.99. The second-order valence-electron chi connectivity index (χ2n) is 8.76. The summed E-state index contributed by atoms with van der Waals surface area (Å²) in [5.74, 6) is 1.42. The summed E-state index contributed by atoms with van der Waals surface area (Å²) in [5, 5.41) is 8.19. The number of rotatable bonds is 5. The number of carbonyl (C=O) groups excluding carboxylic acids is 2. The Morgan fingerprint density at radius 3 is 2.29 bits per heavy atom. The normalized spacial score (nSPS) is 18.1. The van der Waals surface area contributed by atoms with Gasteiger partial charge in [0, 0.05) is 50.5 Å².